The Balaban J connectivity index is 2.45. The number of aromatic nitrogens is 1. The van der Waals surface area contributed by atoms with Crippen LogP contribution < -0.4 is 4.74 Å². The number of ether oxygens (including phenoxy) is 1. The molecule has 2 aromatic rings. The smallest absolute Gasteiger partial charge is 0.303 e. The van der Waals surface area contributed by atoms with Gasteiger partial charge in [0.1, 0.15) is 5.75 Å². The van der Waals surface area contributed by atoms with E-state index in [1.807, 2.05) is 13.0 Å². The zero-order chi connectivity index (χ0) is 13.3. The number of rotatable bonds is 4. The fourth-order valence-corrected chi connectivity index (χ4v) is 2.27. The van der Waals surface area contributed by atoms with Gasteiger partial charge in [0, 0.05) is 16.6 Å². The normalized spacial score (nSPS) is 10.8. The number of nitrogens with one attached hydrogen (secondary N) is 1. The molecule has 0 atom stereocenters. The number of benzene rings is 1. The van der Waals surface area contributed by atoms with E-state index in [0.717, 1.165) is 22.2 Å². The van der Waals surface area contributed by atoms with Gasteiger partial charge in [-0.2, -0.15) is 0 Å². The summed E-state index contributed by atoms with van der Waals surface area (Å²) in [5, 5.41) is 10.3. The topological polar surface area (TPSA) is 62.3 Å². The van der Waals surface area contributed by atoms with Gasteiger partial charge in [0.15, 0.2) is 0 Å². The lowest BCUT2D eigenvalue weighted by Gasteiger charge is -2.02. The summed E-state index contributed by atoms with van der Waals surface area (Å²) in [6.07, 6.45) is 0.592. The minimum Gasteiger partial charge on any atom is -0.495 e. The van der Waals surface area contributed by atoms with Crippen LogP contribution in [0, 0.1) is 6.92 Å². The van der Waals surface area contributed by atoms with Crippen LogP contribution in [0.2, 0.25) is 5.02 Å². The van der Waals surface area contributed by atoms with Crippen molar-refractivity contribution in [2.45, 2.75) is 19.8 Å². The van der Waals surface area contributed by atoms with E-state index >= 15 is 0 Å². The van der Waals surface area contributed by atoms with Crippen LogP contribution in [0.15, 0.2) is 12.1 Å². The molecule has 0 aliphatic carbocycles. The minimum absolute atomic E-state index is 0.110. The molecule has 0 aliphatic heterocycles. The van der Waals surface area contributed by atoms with Crippen LogP contribution in [-0.4, -0.2) is 23.2 Å². The molecule has 0 aliphatic rings. The molecule has 0 radical (unpaired) electrons. The van der Waals surface area contributed by atoms with Crippen LogP contribution in [0.25, 0.3) is 10.9 Å². The van der Waals surface area contributed by atoms with Gasteiger partial charge in [-0.05, 0) is 31.0 Å². The van der Waals surface area contributed by atoms with Gasteiger partial charge >= 0.3 is 5.97 Å². The summed E-state index contributed by atoms with van der Waals surface area (Å²) in [6, 6.07) is 3.67. The first-order valence-corrected chi connectivity index (χ1v) is 5.97. The molecule has 0 saturated carbocycles. The van der Waals surface area contributed by atoms with Gasteiger partial charge in [0.25, 0.3) is 0 Å². The Morgan fingerprint density at radius 3 is 2.83 bits per heavy atom. The molecule has 0 unspecified atom stereocenters. The van der Waals surface area contributed by atoms with Crippen molar-refractivity contribution in [3.63, 3.8) is 0 Å². The van der Waals surface area contributed by atoms with E-state index in [9.17, 15) is 4.79 Å². The quantitative estimate of drug-likeness (QED) is 0.894. The fraction of sp³-hybridized carbons (Fsp3) is 0.308. The number of aromatic amines is 1. The summed E-state index contributed by atoms with van der Waals surface area (Å²) in [6.45, 7) is 1.96. The second kappa shape index (κ2) is 4.90. The van der Waals surface area contributed by atoms with Crippen LogP contribution in [0.3, 0.4) is 0 Å². The summed E-state index contributed by atoms with van der Waals surface area (Å²) in [4.78, 5) is 13.8. The third kappa shape index (κ3) is 2.29. The Kier molecular flexibility index (Phi) is 3.48. The summed E-state index contributed by atoms with van der Waals surface area (Å²) in [5.74, 6) is -0.181. The number of carboxylic acid groups (broad SMARTS) is 1. The van der Waals surface area contributed by atoms with E-state index in [1.165, 1.54) is 0 Å². The highest BCUT2D eigenvalue weighted by Crippen LogP contribution is 2.32. The number of fused-ring (bicyclic) bond motifs is 1. The van der Waals surface area contributed by atoms with Gasteiger partial charge < -0.3 is 14.8 Å². The molecule has 1 aromatic heterocycles. The van der Waals surface area contributed by atoms with Gasteiger partial charge in [-0.3, -0.25) is 4.79 Å². The lowest BCUT2D eigenvalue weighted by Crippen LogP contribution is -1.98. The van der Waals surface area contributed by atoms with Gasteiger partial charge in [-0.1, -0.05) is 11.6 Å². The van der Waals surface area contributed by atoms with Crippen molar-refractivity contribution >= 4 is 28.5 Å². The third-order valence-corrected chi connectivity index (χ3v) is 3.32. The number of H-pyrrole nitrogens is 1. The molecule has 0 saturated heterocycles. The Morgan fingerprint density at radius 2 is 2.22 bits per heavy atom. The number of hydrogen-bond donors (Lipinski definition) is 2. The summed E-state index contributed by atoms with van der Waals surface area (Å²) < 4.78 is 5.18. The Morgan fingerprint density at radius 1 is 1.50 bits per heavy atom. The monoisotopic (exact) mass is 267 g/mol. The molecule has 18 heavy (non-hydrogen) atoms. The number of methoxy groups -OCH3 is 1. The molecule has 1 heterocycles. The number of halogens is 1. The van der Waals surface area contributed by atoms with Crippen LogP contribution in [0.1, 0.15) is 17.7 Å². The van der Waals surface area contributed by atoms with Crippen molar-refractivity contribution in [2.24, 2.45) is 0 Å². The Bertz CT molecular complexity index is 604. The van der Waals surface area contributed by atoms with Gasteiger partial charge in [-0.15, -0.1) is 0 Å². The summed E-state index contributed by atoms with van der Waals surface area (Å²) in [7, 11) is 1.57. The van der Waals surface area contributed by atoms with Gasteiger partial charge in [0.05, 0.1) is 18.6 Å². The lowest BCUT2D eigenvalue weighted by molar-refractivity contribution is -0.136. The molecule has 5 heteroatoms. The maximum Gasteiger partial charge on any atom is 0.303 e. The van der Waals surface area contributed by atoms with Crippen molar-refractivity contribution in [1.29, 1.82) is 0 Å². The Labute approximate surface area is 110 Å². The van der Waals surface area contributed by atoms with Crippen molar-refractivity contribution in [1.82, 2.24) is 4.98 Å². The van der Waals surface area contributed by atoms with E-state index in [0.29, 0.717) is 17.2 Å². The van der Waals surface area contributed by atoms with Gasteiger partial charge in [0.2, 0.25) is 0 Å². The average molecular weight is 268 g/mol. The van der Waals surface area contributed by atoms with Crippen molar-refractivity contribution in [3.8, 4) is 5.75 Å². The number of carboxylic acids is 1. The highest BCUT2D eigenvalue weighted by atomic mass is 35.5. The second-order valence-electron chi connectivity index (χ2n) is 4.15. The van der Waals surface area contributed by atoms with E-state index < -0.39 is 5.97 Å². The first kappa shape index (κ1) is 12.8. The first-order chi connectivity index (χ1) is 8.52. The highest BCUT2D eigenvalue weighted by Gasteiger charge is 2.12. The predicted octanol–water partition coefficient (Wildman–Crippen LogP) is 3.16. The second-order valence-corrected chi connectivity index (χ2v) is 4.56. The van der Waals surface area contributed by atoms with E-state index in [4.69, 9.17) is 21.4 Å². The summed E-state index contributed by atoms with van der Waals surface area (Å²) >= 11 is 6.05. The van der Waals surface area contributed by atoms with Crippen molar-refractivity contribution in [3.05, 3.63) is 28.4 Å². The molecule has 96 valence electrons. The zero-order valence-electron chi connectivity index (χ0n) is 10.2. The molecule has 0 amide bonds. The lowest BCUT2D eigenvalue weighted by atomic mass is 10.1. The largest absolute Gasteiger partial charge is 0.495 e. The molecular formula is C13H14ClNO3. The molecule has 4 nitrogen and oxygen atoms in total. The standard InChI is InChI=1S/C13H14ClNO3/c1-7-8-5-12(18-2)9(14)6-11(8)15-10(7)3-4-13(16)17/h5-6,15H,3-4H2,1-2H3,(H,16,17). The Hall–Kier alpha value is -1.68. The SMILES string of the molecule is COc1cc2c(C)c(CCC(=O)O)[nH]c2cc1Cl. The van der Waals surface area contributed by atoms with Crippen LogP contribution in [0.5, 0.6) is 5.75 Å². The first-order valence-electron chi connectivity index (χ1n) is 5.59. The molecule has 0 bridgehead atoms. The van der Waals surface area contributed by atoms with Crippen molar-refractivity contribution in [2.75, 3.05) is 7.11 Å². The van der Waals surface area contributed by atoms with E-state index in [2.05, 4.69) is 4.98 Å². The van der Waals surface area contributed by atoms with Gasteiger partial charge in [-0.25, -0.2) is 0 Å². The highest BCUT2D eigenvalue weighted by molar-refractivity contribution is 6.32. The summed E-state index contributed by atoms with van der Waals surface area (Å²) in [5.41, 5.74) is 2.87. The minimum atomic E-state index is -0.802. The number of carbonyl (C=O) groups is 1. The molecule has 2 N–H and O–H groups in total. The number of aryl methyl sites for hydroxylation is 2. The molecule has 2 rings (SSSR count). The average Bonchev–Trinajstić information content (AvgIpc) is 2.62. The predicted molar refractivity (Wildman–Crippen MR) is 70.6 cm³/mol. The van der Waals surface area contributed by atoms with E-state index in [-0.39, 0.29) is 6.42 Å². The maximum atomic E-state index is 10.6. The van der Waals surface area contributed by atoms with Crippen molar-refractivity contribution < 1.29 is 14.6 Å². The van der Waals surface area contributed by atoms with Crippen LogP contribution in [0.4, 0.5) is 0 Å². The molecule has 0 spiro atoms. The van der Waals surface area contributed by atoms with E-state index in [1.54, 1.807) is 13.2 Å². The number of hydrogen-bond acceptors (Lipinski definition) is 2. The van der Waals surface area contributed by atoms with Crippen LogP contribution >= 0.6 is 11.6 Å². The molecule has 1 aromatic carbocycles. The molecule has 0 fully saturated rings. The zero-order valence-corrected chi connectivity index (χ0v) is 11.0. The third-order valence-electron chi connectivity index (χ3n) is 3.02. The number of aliphatic carboxylic acids is 1. The fourth-order valence-electron chi connectivity index (χ4n) is 2.02. The molecular weight excluding hydrogens is 254 g/mol. The van der Waals surface area contributed by atoms with Crippen LogP contribution in [-0.2, 0) is 11.2 Å². The maximum absolute atomic E-state index is 10.6.